The molecule has 1 N–H and O–H groups in total. The number of rotatable bonds is 3. The Bertz CT molecular complexity index is 1250. The van der Waals surface area contributed by atoms with Crippen LogP contribution in [0, 0.1) is 12.7 Å². The van der Waals surface area contributed by atoms with Crippen molar-refractivity contribution in [3.63, 3.8) is 0 Å². The number of nitrogens with zero attached hydrogens (tertiary/aromatic N) is 2. The largest absolute Gasteiger partial charge is 0.360 e. The van der Waals surface area contributed by atoms with E-state index in [1.165, 1.54) is 31.4 Å². The lowest BCUT2D eigenvalue weighted by atomic mass is 10.1. The van der Waals surface area contributed by atoms with Crippen LogP contribution in [-0.4, -0.2) is 26.6 Å². The average molecular weight is 486 g/mol. The van der Waals surface area contributed by atoms with Gasteiger partial charge in [0, 0.05) is 16.2 Å². The molecule has 2 aromatic carbocycles. The first-order valence-corrected chi connectivity index (χ1v) is 11.4. The fourth-order valence-corrected chi connectivity index (χ4v) is 4.62. The number of amides is 1. The number of benzene rings is 2. The van der Waals surface area contributed by atoms with Gasteiger partial charge in [0.15, 0.2) is 0 Å². The summed E-state index contributed by atoms with van der Waals surface area (Å²) in [6, 6.07) is 10.3. The van der Waals surface area contributed by atoms with Crippen molar-refractivity contribution in [1.29, 1.82) is 0 Å². The minimum atomic E-state index is -2.94. The van der Waals surface area contributed by atoms with Crippen LogP contribution in [0.2, 0.25) is 10.0 Å². The SMILES string of the molecule is Cc1onc(-c2c(F)cccc2Cl)c1C(=O)NC(=S)N=[S@@](C)(=O)c1ccc(Cl)cc1. The molecule has 1 heterocycles. The molecule has 1 aromatic heterocycles. The van der Waals surface area contributed by atoms with E-state index in [0.29, 0.717) is 9.92 Å². The Morgan fingerprint density at radius 3 is 2.53 bits per heavy atom. The standard InChI is InChI=1S/C19H14Cl2FN3O3S2/c1-10-15(17(24-28-10)16-13(21)4-3-5-14(16)22)18(26)23-19(29)25-30(2,27)12-8-6-11(20)7-9-12/h3-9H,1-2H3,(H,23,26,29)/t30-/m0/s1. The van der Waals surface area contributed by atoms with Crippen molar-refractivity contribution in [2.24, 2.45) is 4.36 Å². The zero-order chi connectivity index (χ0) is 22.1. The Morgan fingerprint density at radius 2 is 1.90 bits per heavy atom. The summed E-state index contributed by atoms with van der Waals surface area (Å²) in [6.45, 7) is 1.48. The van der Waals surface area contributed by atoms with Crippen molar-refractivity contribution < 1.29 is 17.9 Å². The second-order valence-corrected chi connectivity index (χ2v) is 9.66. The van der Waals surface area contributed by atoms with Gasteiger partial charge in [0.2, 0.25) is 5.11 Å². The number of thiocarbonyl (C=S) groups is 1. The summed E-state index contributed by atoms with van der Waals surface area (Å²) in [6.07, 6.45) is 1.38. The summed E-state index contributed by atoms with van der Waals surface area (Å²) < 4.78 is 36.2. The molecule has 0 saturated carbocycles. The van der Waals surface area contributed by atoms with Gasteiger partial charge in [0.1, 0.15) is 22.8 Å². The van der Waals surface area contributed by atoms with E-state index in [-0.39, 0.29) is 32.7 Å². The van der Waals surface area contributed by atoms with Crippen molar-refractivity contribution in [3.05, 3.63) is 69.7 Å². The lowest BCUT2D eigenvalue weighted by Crippen LogP contribution is -2.29. The number of aryl methyl sites for hydroxylation is 1. The molecule has 0 aliphatic heterocycles. The molecule has 6 nitrogen and oxygen atoms in total. The van der Waals surface area contributed by atoms with E-state index in [1.54, 1.807) is 24.3 Å². The maximum Gasteiger partial charge on any atom is 0.263 e. The summed E-state index contributed by atoms with van der Waals surface area (Å²) in [5.41, 5.74) is -0.219. The minimum absolute atomic E-state index is 0.0592. The van der Waals surface area contributed by atoms with Crippen LogP contribution in [0.5, 0.6) is 0 Å². The van der Waals surface area contributed by atoms with Gasteiger partial charge >= 0.3 is 0 Å². The third-order valence-electron chi connectivity index (χ3n) is 4.02. The number of nitrogens with one attached hydrogen (secondary N) is 1. The van der Waals surface area contributed by atoms with E-state index < -0.39 is 21.5 Å². The van der Waals surface area contributed by atoms with E-state index in [1.807, 2.05) is 0 Å². The molecule has 0 radical (unpaired) electrons. The molecule has 11 heteroatoms. The number of aromatic nitrogens is 1. The van der Waals surface area contributed by atoms with Crippen LogP contribution >= 0.6 is 35.4 Å². The van der Waals surface area contributed by atoms with Gasteiger partial charge in [-0.05, 0) is 55.5 Å². The zero-order valence-electron chi connectivity index (χ0n) is 15.6. The second kappa shape index (κ2) is 8.81. The molecule has 30 heavy (non-hydrogen) atoms. The number of halogens is 3. The van der Waals surface area contributed by atoms with Crippen LogP contribution in [0.1, 0.15) is 16.1 Å². The molecule has 0 aliphatic carbocycles. The highest BCUT2D eigenvalue weighted by Crippen LogP contribution is 2.33. The first kappa shape index (κ1) is 22.4. The molecule has 0 unspecified atom stereocenters. The Hall–Kier alpha value is -2.33. The topological polar surface area (TPSA) is 84.6 Å². The fraction of sp³-hybridized carbons (Fsp3) is 0.105. The van der Waals surface area contributed by atoms with Gasteiger partial charge in [-0.3, -0.25) is 10.1 Å². The van der Waals surface area contributed by atoms with Crippen LogP contribution in [0.15, 0.2) is 56.2 Å². The first-order chi connectivity index (χ1) is 14.1. The van der Waals surface area contributed by atoms with Crippen molar-refractivity contribution in [3.8, 4) is 11.3 Å². The summed E-state index contributed by atoms with van der Waals surface area (Å²) in [5.74, 6) is -1.29. The highest BCUT2D eigenvalue weighted by Gasteiger charge is 2.26. The Labute approximate surface area is 187 Å². The van der Waals surface area contributed by atoms with Gasteiger partial charge in [-0.1, -0.05) is 34.4 Å². The maximum absolute atomic E-state index is 14.3. The van der Waals surface area contributed by atoms with Crippen molar-refractivity contribution in [1.82, 2.24) is 10.5 Å². The van der Waals surface area contributed by atoms with E-state index in [9.17, 15) is 13.4 Å². The van der Waals surface area contributed by atoms with Crippen LogP contribution < -0.4 is 5.32 Å². The van der Waals surface area contributed by atoms with Crippen LogP contribution in [-0.2, 0) is 9.73 Å². The monoisotopic (exact) mass is 485 g/mol. The molecule has 0 bridgehead atoms. The molecule has 1 amide bonds. The highest BCUT2D eigenvalue weighted by atomic mass is 35.5. The molecule has 0 fully saturated rings. The molecule has 3 rings (SSSR count). The van der Waals surface area contributed by atoms with Crippen molar-refractivity contribution >= 4 is 56.2 Å². The Kier molecular flexibility index (Phi) is 6.56. The number of hydrogen-bond acceptors (Lipinski definition) is 5. The highest BCUT2D eigenvalue weighted by molar-refractivity contribution is 7.94. The van der Waals surface area contributed by atoms with Crippen molar-refractivity contribution in [2.75, 3.05) is 6.26 Å². The summed E-state index contributed by atoms with van der Waals surface area (Å²) in [4.78, 5) is 13.2. The van der Waals surface area contributed by atoms with E-state index in [0.717, 1.165) is 0 Å². The van der Waals surface area contributed by atoms with Gasteiger partial charge in [-0.25, -0.2) is 8.60 Å². The Balaban J connectivity index is 1.92. The Morgan fingerprint density at radius 1 is 1.23 bits per heavy atom. The number of carbonyl (C=O) groups excluding carboxylic acids is 1. The van der Waals surface area contributed by atoms with Crippen LogP contribution in [0.4, 0.5) is 4.39 Å². The van der Waals surface area contributed by atoms with Gasteiger partial charge < -0.3 is 4.52 Å². The number of carbonyl (C=O) groups is 1. The van der Waals surface area contributed by atoms with Crippen LogP contribution in [0.3, 0.4) is 0 Å². The zero-order valence-corrected chi connectivity index (χ0v) is 18.8. The summed E-state index contributed by atoms with van der Waals surface area (Å²) in [7, 11) is -2.94. The van der Waals surface area contributed by atoms with E-state index >= 15 is 0 Å². The fourth-order valence-electron chi connectivity index (χ4n) is 2.61. The first-order valence-electron chi connectivity index (χ1n) is 8.34. The van der Waals surface area contributed by atoms with Gasteiger partial charge in [-0.15, -0.1) is 0 Å². The van der Waals surface area contributed by atoms with E-state index in [4.69, 9.17) is 39.9 Å². The van der Waals surface area contributed by atoms with Gasteiger partial charge in [0.25, 0.3) is 5.91 Å². The second-order valence-electron chi connectivity index (χ2n) is 6.17. The number of hydrogen-bond donors (Lipinski definition) is 1. The summed E-state index contributed by atoms with van der Waals surface area (Å²) in [5, 5.41) is 6.35. The predicted molar refractivity (Wildman–Crippen MR) is 118 cm³/mol. The maximum atomic E-state index is 14.3. The molecule has 1 atom stereocenters. The van der Waals surface area contributed by atoms with Crippen LogP contribution in [0.25, 0.3) is 11.3 Å². The minimum Gasteiger partial charge on any atom is -0.360 e. The molecule has 0 spiro atoms. The van der Waals surface area contributed by atoms with Crippen molar-refractivity contribution in [2.45, 2.75) is 11.8 Å². The van der Waals surface area contributed by atoms with E-state index in [2.05, 4.69) is 14.8 Å². The molecular weight excluding hydrogens is 472 g/mol. The molecular formula is C19H14Cl2FN3O3S2. The van der Waals surface area contributed by atoms with Gasteiger partial charge in [0.05, 0.1) is 20.3 Å². The molecule has 156 valence electrons. The lowest BCUT2D eigenvalue weighted by Gasteiger charge is -2.08. The predicted octanol–water partition coefficient (Wildman–Crippen LogP) is 5.27. The van der Waals surface area contributed by atoms with Gasteiger partial charge in [-0.2, -0.15) is 4.36 Å². The molecule has 0 aliphatic rings. The average Bonchev–Trinajstić information content (AvgIpc) is 3.02. The lowest BCUT2D eigenvalue weighted by molar-refractivity contribution is 0.0976. The normalized spacial score (nSPS) is 12.8. The molecule has 0 saturated heterocycles. The molecule has 3 aromatic rings. The smallest absolute Gasteiger partial charge is 0.263 e. The third kappa shape index (κ3) is 4.70. The quantitative estimate of drug-likeness (QED) is 0.510. The summed E-state index contributed by atoms with van der Waals surface area (Å²) >= 11 is 17.0. The third-order valence-corrected chi connectivity index (χ3v) is 6.57.